The molecule has 3 heterocycles. The first kappa shape index (κ1) is 21.4. The minimum absolute atomic E-state index is 0.0123. The topological polar surface area (TPSA) is 104 Å². The average molecular weight is 426 g/mol. The number of nitrogens with one attached hydrogen (secondary N) is 1. The second-order valence-electron chi connectivity index (χ2n) is 8.60. The largest absolute Gasteiger partial charge is 0.398 e. The van der Waals surface area contributed by atoms with Crippen LogP contribution < -0.4 is 11.5 Å². The lowest BCUT2D eigenvalue weighted by Crippen LogP contribution is -2.57. The number of halogens is 1. The van der Waals surface area contributed by atoms with Crippen LogP contribution in [-0.2, 0) is 4.74 Å². The van der Waals surface area contributed by atoms with E-state index >= 15 is 0 Å². The first-order valence-electron chi connectivity index (χ1n) is 10.6. The highest BCUT2D eigenvalue weighted by molar-refractivity contribution is 6.16. The van der Waals surface area contributed by atoms with Gasteiger partial charge in [0.25, 0.3) is 0 Å². The van der Waals surface area contributed by atoms with Crippen LogP contribution in [0.1, 0.15) is 37.3 Å². The summed E-state index contributed by atoms with van der Waals surface area (Å²) in [5.41, 5.74) is 14.0. The molecule has 8 heteroatoms. The van der Waals surface area contributed by atoms with E-state index in [4.69, 9.17) is 21.6 Å². The zero-order valence-corrected chi connectivity index (χ0v) is 18.1. The molecule has 2 saturated heterocycles. The van der Waals surface area contributed by atoms with E-state index in [1.54, 1.807) is 6.07 Å². The number of benzene rings is 1. The molecule has 3 aliphatic heterocycles. The minimum Gasteiger partial charge on any atom is -0.398 e. The molecule has 0 bridgehead atoms. The Bertz CT molecular complexity index is 1020. The fourth-order valence-electron chi connectivity index (χ4n) is 4.53. The Kier molecular flexibility index (Phi) is 5.77. The van der Waals surface area contributed by atoms with E-state index in [9.17, 15) is 4.39 Å². The Morgan fingerprint density at radius 3 is 2.77 bits per heavy atom. The monoisotopic (exact) mass is 425 g/mol. The average Bonchev–Trinajstić information content (AvgIpc) is 2.70. The van der Waals surface area contributed by atoms with Crippen molar-refractivity contribution in [2.45, 2.75) is 37.8 Å². The number of nitrogens with two attached hydrogens (primary N) is 2. The summed E-state index contributed by atoms with van der Waals surface area (Å²) < 4.78 is 22.2. The Labute approximate surface area is 182 Å². The van der Waals surface area contributed by atoms with Gasteiger partial charge in [-0.1, -0.05) is 0 Å². The Balaban J connectivity index is 1.60. The molecule has 0 aliphatic carbocycles. The quantitative estimate of drug-likeness (QED) is 0.282. The molecule has 1 spiro atoms. The maximum atomic E-state index is 14.5. The molecule has 1 aromatic rings. The highest BCUT2D eigenvalue weighted by Crippen LogP contribution is 2.36. The number of nitrogens with zero attached hydrogens (tertiary/aromatic N) is 3. The highest BCUT2D eigenvalue weighted by atomic mass is 19.1. The number of rotatable bonds is 6. The minimum atomic E-state index is -0.412. The lowest BCUT2D eigenvalue weighted by atomic mass is 9.85. The number of ether oxygens (including phenoxy) is 1. The second-order valence-corrected chi connectivity index (χ2v) is 8.60. The van der Waals surface area contributed by atoms with Gasteiger partial charge < -0.3 is 16.2 Å². The summed E-state index contributed by atoms with van der Waals surface area (Å²) in [5.74, 6) is -0.412. The number of nitrogen functional groups attached to an aromatic ring is 1. The van der Waals surface area contributed by atoms with E-state index in [-0.39, 0.29) is 23.0 Å². The zero-order chi connectivity index (χ0) is 22.2. The van der Waals surface area contributed by atoms with Gasteiger partial charge in [-0.05, 0) is 44.5 Å². The van der Waals surface area contributed by atoms with E-state index in [0.29, 0.717) is 16.8 Å². The van der Waals surface area contributed by atoms with Gasteiger partial charge in [-0.3, -0.25) is 10.3 Å². The standard InChI is InChI=1S/C23H30FN6O/c1-15(30-6-3-4-23(13-30)5-7-31-23)8-21(28-14-25)22(27)18-9-17(16-11-29(2)12-16)19(24)10-20(18)26/h8-12,14-15,27H,3-7,13,26H2,1-2H3,(H2,25,28)/q+1/b21-8-,27-22?. The molecule has 164 valence electrons. The first-order chi connectivity index (χ1) is 14.8. The van der Waals surface area contributed by atoms with Gasteiger partial charge in [-0.15, -0.1) is 0 Å². The molecule has 2 atom stereocenters. The number of anilines is 1. The van der Waals surface area contributed by atoms with Gasteiger partial charge in [0.2, 0.25) is 0 Å². The molecular formula is C23H30FN6O+. The number of allylic oxidation sites excluding steroid dienone is 2. The predicted octanol–water partition coefficient (Wildman–Crippen LogP) is 2.36. The van der Waals surface area contributed by atoms with Crippen molar-refractivity contribution in [3.63, 3.8) is 0 Å². The fourth-order valence-corrected chi connectivity index (χ4v) is 4.53. The third-order valence-corrected chi connectivity index (χ3v) is 6.38. The van der Waals surface area contributed by atoms with E-state index in [2.05, 4.69) is 16.8 Å². The maximum absolute atomic E-state index is 14.5. The molecule has 31 heavy (non-hydrogen) atoms. The van der Waals surface area contributed by atoms with Crippen molar-refractivity contribution in [1.82, 2.24) is 4.90 Å². The number of likely N-dealkylation sites (tertiary alicyclic amines) is 1. The Hall–Kier alpha value is -2.84. The summed E-state index contributed by atoms with van der Waals surface area (Å²) in [4.78, 5) is 6.59. The van der Waals surface area contributed by atoms with Crippen LogP contribution >= 0.6 is 0 Å². The molecule has 0 aromatic heterocycles. The van der Waals surface area contributed by atoms with Gasteiger partial charge in [0.05, 0.1) is 30.0 Å². The van der Waals surface area contributed by atoms with E-state index in [1.165, 1.54) is 12.4 Å². The molecule has 4 rings (SSSR count). The normalized spacial score (nSPS) is 25.1. The SMILES string of the molecule is CC(/C=C(\N=CN)C(=N)c1cc(C2=C[N+](C)=C2)c(F)cc1N)N1CCCC2(CCO2)C1. The molecule has 1 aromatic carbocycles. The van der Waals surface area contributed by atoms with Crippen LogP contribution in [0.5, 0.6) is 0 Å². The third kappa shape index (κ3) is 4.18. The van der Waals surface area contributed by atoms with Gasteiger partial charge in [-0.2, -0.15) is 0 Å². The van der Waals surface area contributed by atoms with Crippen LogP contribution in [0.2, 0.25) is 0 Å². The van der Waals surface area contributed by atoms with Gasteiger partial charge >= 0.3 is 0 Å². The summed E-state index contributed by atoms with van der Waals surface area (Å²) in [6.07, 6.45) is 10.0. The second kappa shape index (κ2) is 8.36. The van der Waals surface area contributed by atoms with Crippen molar-refractivity contribution in [3.05, 3.63) is 47.0 Å². The van der Waals surface area contributed by atoms with Crippen LogP contribution in [0.4, 0.5) is 10.1 Å². The van der Waals surface area contributed by atoms with Crippen molar-refractivity contribution < 1.29 is 13.7 Å². The molecule has 2 unspecified atom stereocenters. The number of aliphatic imine (C=N–C) groups is 1. The van der Waals surface area contributed by atoms with Crippen LogP contribution in [0, 0.1) is 11.2 Å². The van der Waals surface area contributed by atoms with Crippen LogP contribution in [0.15, 0.2) is 35.1 Å². The van der Waals surface area contributed by atoms with E-state index < -0.39 is 5.82 Å². The predicted molar refractivity (Wildman–Crippen MR) is 122 cm³/mol. The third-order valence-electron chi connectivity index (χ3n) is 6.38. The van der Waals surface area contributed by atoms with E-state index in [1.807, 2.05) is 30.1 Å². The fraction of sp³-hybridized carbons (Fsp3) is 0.435. The lowest BCUT2D eigenvalue weighted by molar-refractivity contribution is -0.423. The Morgan fingerprint density at radius 1 is 1.42 bits per heavy atom. The van der Waals surface area contributed by atoms with Crippen molar-refractivity contribution >= 4 is 29.5 Å². The number of hydrogen-bond acceptors (Lipinski definition) is 5. The highest BCUT2D eigenvalue weighted by Gasteiger charge is 2.42. The van der Waals surface area contributed by atoms with Crippen LogP contribution in [0.25, 0.3) is 5.57 Å². The van der Waals surface area contributed by atoms with E-state index in [0.717, 1.165) is 44.5 Å². The van der Waals surface area contributed by atoms with Crippen LogP contribution in [-0.4, -0.2) is 66.1 Å². The molecule has 7 nitrogen and oxygen atoms in total. The van der Waals surface area contributed by atoms with Gasteiger partial charge in [-0.25, -0.2) is 14.0 Å². The first-order valence-corrected chi connectivity index (χ1v) is 10.6. The molecular weight excluding hydrogens is 395 g/mol. The molecule has 0 radical (unpaired) electrons. The van der Waals surface area contributed by atoms with Crippen LogP contribution in [0.3, 0.4) is 0 Å². The summed E-state index contributed by atoms with van der Waals surface area (Å²) >= 11 is 0. The summed E-state index contributed by atoms with van der Waals surface area (Å²) in [6.45, 7) is 4.76. The van der Waals surface area contributed by atoms with Crippen molar-refractivity contribution in [1.29, 1.82) is 5.41 Å². The summed E-state index contributed by atoms with van der Waals surface area (Å²) in [5, 5.41) is 8.76. The molecule has 5 N–H and O–H groups in total. The zero-order valence-electron chi connectivity index (χ0n) is 18.1. The smallest absolute Gasteiger partial charge is 0.182 e. The van der Waals surface area contributed by atoms with Crippen molar-refractivity contribution in [3.8, 4) is 0 Å². The number of piperidine rings is 1. The van der Waals surface area contributed by atoms with Crippen molar-refractivity contribution in [2.75, 3.05) is 32.5 Å². The molecule has 2 fully saturated rings. The molecule has 0 amide bonds. The van der Waals surface area contributed by atoms with Gasteiger partial charge in [0.15, 0.2) is 12.4 Å². The molecule has 0 saturated carbocycles. The maximum Gasteiger partial charge on any atom is 0.182 e. The van der Waals surface area contributed by atoms with Crippen molar-refractivity contribution in [2.24, 2.45) is 10.7 Å². The lowest BCUT2D eigenvalue weighted by Gasteiger charge is -2.49. The Morgan fingerprint density at radius 2 is 2.16 bits per heavy atom. The molecule has 3 aliphatic rings. The number of hydrogen-bond donors (Lipinski definition) is 3. The van der Waals surface area contributed by atoms with Gasteiger partial charge in [0, 0.05) is 35.8 Å². The summed E-state index contributed by atoms with van der Waals surface area (Å²) in [6, 6.07) is 2.92. The van der Waals surface area contributed by atoms with Gasteiger partial charge in [0.1, 0.15) is 18.4 Å². The summed E-state index contributed by atoms with van der Waals surface area (Å²) in [7, 11) is 1.87.